The zero-order chi connectivity index (χ0) is 11.8. The third kappa shape index (κ3) is 2.31. The molecule has 0 aromatic carbocycles. The highest BCUT2D eigenvalue weighted by Crippen LogP contribution is 2.46. The number of sulfonamides is 1. The molecular formula is C9H14BrN3O2S. The zero-order valence-electron chi connectivity index (χ0n) is 8.98. The summed E-state index contributed by atoms with van der Waals surface area (Å²) in [4.78, 5) is 0. The SMILES string of the molecule is Cn1nccc1S(=O)(=O)NCC1(CBr)CC1. The second-order valence-corrected chi connectivity index (χ2v) is 6.53. The van der Waals surface area contributed by atoms with E-state index in [1.807, 2.05) is 0 Å². The van der Waals surface area contributed by atoms with Gasteiger partial charge < -0.3 is 0 Å². The Morgan fingerprint density at radius 2 is 2.31 bits per heavy atom. The Balaban J connectivity index is 2.07. The van der Waals surface area contributed by atoms with Crippen molar-refractivity contribution < 1.29 is 8.42 Å². The van der Waals surface area contributed by atoms with Gasteiger partial charge in [0.1, 0.15) is 0 Å². The van der Waals surface area contributed by atoms with Crippen LogP contribution >= 0.6 is 15.9 Å². The summed E-state index contributed by atoms with van der Waals surface area (Å²) in [5.74, 6) is 0. The lowest BCUT2D eigenvalue weighted by atomic mass is 10.1. The second-order valence-electron chi connectivity index (χ2n) is 4.25. The largest absolute Gasteiger partial charge is 0.257 e. The minimum absolute atomic E-state index is 0.131. The lowest BCUT2D eigenvalue weighted by molar-refractivity contribution is 0.528. The molecule has 1 aliphatic carbocycles. The molecule has 0 bridgehead atoms. The van der Waals surface area contributed by atoms with Gasteiger partial charge in [-0.1, -0.05) is 15.9 Å². The van der Waals surface area contributed by atoms with Gasteiger partial charge in [-0.15, -0.1) is 0 Å². The Hall–Kier alpha value is -0.400. The molecule has 1 fully saturated rings. The fourth-order valence-electron chi connectivity index (χ4n) is 1.48. The quantitative estimate of drug-likeness (QED) is 0.821. The van der Waals surface area contributed by atoms with Crippen molar-refractivity contribution in [1.29, 1.82) is 0 Å². The molecule has 16 heavy (non-hydrogen) atoms. The van der Waals surface area contributed by atoms with Crippen LogP contribution in [0.2, 0.25) is 0 Å². The van der Waals surface area contributed by atoms with Gasteiger partial charge in [0.2, 0.25) is 0 Å². The summed E-state index contributed by atoms with van der Waals surface area (Å²) in [7, 11) is -1.80. The number of nitrogens with zero attached hydrogens (tertiary/aromatic N) is 2. The van der Waals surface area contributed by atoms with Crippen LogP contribution < -0.4 is 4.72 Å². The lowest BCUT2D eigenvalue weighted by Gasteiger charge is -2.12. The molecule has 0 spiro atoms. The summed E-state index contributed by atoms with van der Waals surface area (Å²) in [6.45, 7) is 0.492. The van der Waals surface area contributed by atoms with E-state index in [-0.39, 0.29) is 10.4 Å². The maximum absolute atomic E-state index is 11.9. The normalized spacial score (nSPS) is 18.6. The van der Waals surface area contributed by atoms with Crippen molar-refractivity contribution in [3.8, 4) is 0 Å². The number of aromatic nitrogens is 2. The fourth-order valence-corrected chi connectivity index (χ4v) is 3.52. The van der Waals surface area contributed by atoms with Crippen LogP contribution in [0.25, 0.3) is 0 Å². The first-order valence-corrected chi connectivity index (χ1v) is 7.63. The van der Waals surface area contributed by atoms with Crippen molar-refractivity contribution in [2.45, 2.75) is 17.9 Å². The van der Waals surface area contributed by atoms with E-state index in [2.05, 4.69) is 25.8 Å². The smallest absolute Gasteiger partial charge is 0.256 e. The van der Waals surface area contributed by atoms with Crippen LogP contribution in [0.5, 0.6) is 0 Å². The van der Waals surface area contributed by atoms with Crippen LogP contribution in [0.3, 0.4) is 0 Å². The maximum Gasteiger partial charge on any atom is 0.257 e. The molecule has 90 valence electrons. The van der Waals surface area contributed by atoms with Crippen LogP contribution in [0.15, 0.2) is 17.3 Å². The van der Waals surface area contributed by atoms with Gasteiger partial charge in [-0.25, -0.2) is 13.1 Å². The van der Waals surface area contributed by atoms with Crippen molar-refractivity contribution in [1.82, 2.24) is 14.5 Å². The van der Waals surface area contributed by atoms with Gasteiger partial charge in [0, 0.05) is 18.9 Å². The highest BCUT2D eigenvalue weighted by atomic mass is 79.9. The van der Waals surface area contributed by atoms with Crippen molar-refractivity contribution in [3.05, 3.63) is 12.3 Å². The molecule has 0 aliphatic heterocycles. The predicted molar refractivity (Wildman–Crippen MR) is 63.9 cm³/mol. The first-order chi connectivity index (χ1) is 7.49. The topological polar surface area (TPSA) is 64.0 Å². The Kier molecular flexibility index (Phi) is 3.11. The van der Waals surface area contributed by atoms with Crippen molar-refractivity contribution >= 4 is 26.0 Å². The van der Waals surface area contributed by atoms with E-state index in [0.29, 0.717) is 6.54 Å². The highest BCUT2D eigenvalue weighted by molar-refractivity contribution is 9.09. The van der Waals surface area contributed by atoms with E-state index in [4.69, 9.17) is 0 Å². The van der Waals surface area contributed by atoms with Gasteiger partial charge >= 0.3 is 0 Å². The number of aryl methyl sites for hydroxylation is 1. The summed E-state index contributed by atoms with van der Waals surface area (Å²) in [6.07, 6.45) is 3.63. The Bertz CT molecular complexity index is 479. The molecule has 0 radical (unpaired) electrons. The number of hydrogen-bond acceptors (Lipinski definition) is 3. The molecule has 0 saturated heterocycles. The number of hydrogen-bond donors (Lipinski definition) is 1. The second kappa shape index (κ2) is 4.12. The molecule has 7 heteroatoms. The van der Waals surface area contributed by atoms with Gasteiger partial charge in [0.05, 0.1) is 6.20 Å². The van der Waals surface area contributed by atoms with E-state index >= 15 is 0 Å². The van der Waals surface area contributed by atoms with Gasteiger partial charge in [-0.2, -0.15) is 5.10 Å². The first-order valence-electron chi connectivity index (χ1n) is 5.03. The molecule has 0 amide bonds. The van der Waals surface area contributed by atoms with Crippen LogP contribution in [0, 0.1) is 5.41 Å². The van der Waals surface area contributed by atoms with E-state index in [9.17, 15) is 8.42 Å². The number of alkyl halides is 1. The summed E-state index contributed by atoms with van der Waals surface area (Å²) in [5, 5.41) is 4.90. The molecule has 5 nitrogen and oxygen atoms in total. The lowest BCUT2D eigenvalue weighted by Crippen LogP contribution is -2.32. The predicted octanol–water partition coefficient (Wildman–Crippen LogP) is 0.873. The Morgan fingerprint density at radius 3 is 2.75 bits per heavy atom. The van der Waals surface area contributed by atoms with Crippen molar-refractivity contribution in [2.24, 2.45) is 12.5 Å². The van der Waals surface area contributed by atoms with E-state index in [1.165, 1.54) is 16.9 Å². The zero-order valence-corrected chi connectivity index (χ0v) is 11.4. The fraction of sp³-hybridized carbons (Fsp3) is 0.667. The third-order valence-corrected chi connectivity index (χ3v) is 5.59. The summed E-state index contributed by atoms with van der Waals surface area (Å²) < 4.78 is 27.8. The monoisotopic (exact) mass is 307 g/mol. The van der Waals surface area contributed by atoms with Crippen molar-refractivity contribution in [2.75, 3.05) is 11.9 Å². The van der Waals surface area contributed by atoms with Crippen molar-refractivity contribution in [3.63, 3.8) is 0 Å². The summed E-state index contributed by atoms with van der Waals surface area (Å²) in [6, 6.07) is 1.50. The maximum atomic E-state index is 11.9. The molecular weight excluding hydrogens is 294 g/mol. The number of rotatable bonds is 5. The molecule has 1 N–H and O–H groups in total. The van der Waals surface area contributed by atoms with Gasteiger partial charge in [0.15, 0.2) is 5.03 Å². The Labute approximate surface area is 103 Å². The molecule has 1 aromatic rings. The average molecular weight is 308 g/mol. The summed E-state index contributed by atoms with van der Waals surface area (Å²) in [5.41, 5.74) is 0.131. The molecule has 0 unspecified atom stereocenters. The molecule has 2 rings (SSSR count). The highest BCUT2D eigenvalue weighted by Gasteiger charge is 2.42. The van der Waals surface area contributed by atoms with E-state index in [1.54, 1.807) is 7.05 Å². The molecule has 0 atom stereocenters. The van der Waals surface area contributed by atoms with Gasteiger partial charge in [-0.05, 0) is 24.3 Å². The molecule has 1 heterocycles. The number of nitrogens with one attached hydrogen (secondary N) is 1. The van der Waals surface area contributed by atoms with Crippen LogP contribution in [-0.4, -0.2) is 30.1 Å². The minimum Gasteiger partial charge on any atom is -0.256 e. The van der Waals surface area contributed by atoms with Crippen LogP contribution in [-0.2, 0) is 17.1 Å². The van der Waals surface area contributed by atoms with E-state index in [0.717, 1.165) is 18.2 Å². The van der Waals surface area contributed by atoms with Crippen LogP contribution in [0.4, 0.5) is 0 Å². The number of halogens is 1. The van der Waals surface area contributed by atoms with E-state index < -0.39 is 10.0 Å². The van der Waals surface area contributed by atoms with Gasteiger partial charge in [-0.3, -0.25) is 4.68 Å². The molecule has 1 saturated carbocycles. The average Bonchev–Trinajstić information content (AvgIpc) is 2.91. The minimum atomic E-state index is -3.42. The van der Waals surface area contributed by atoms with Gasteiger partial charge in [0.25, 0.3) is 10.0 Å². The first kappa shape index (κ1) is 12.1. The third-order valence-electron chi connectivity index (χ3n) is 2.93. The molecule has 1 aliphatic rings. The summed E-state index contributed by atoms with van der Waals surface area (Å²) >= 11 is 3.41. The molecule has 1 aromatic heterocycles. The van der Waals surface area contributed by atoms with Crippen LogP contribution in [0.1, 0.15) is 12.8 Å². The Morgan fingerprint density at radius 1 is 1.62 bits per heavy atom. The standard InChI is InChI=1S/C9H14BrN3O2S/c1-13-8(2-5-11-13)16(14,15)12-7-9(6-10)3-4-9/h2,5,12H,3-4,6-7H2,1H3.